The highest BCUT2D eigenvalue weighted by Crippen LogP contribution is 2.30. The number of halogens is 1. The lowest BCUT2D eigenvalue weighted by Crippen LogP contribution is -2.36. The molecule has 0 aliphatic heterocycles. The van der Waals surface area contributed by atoms with Gasteiger partial charge in [-0.1, -0.05) is 18.6 Å². The van der Waals surface area contributed by atoms with Crippen molar-refractivity contribution in [1.29, 1.82) is 0 Å². The monoisotopic (exact) mass is 353 g/mol. The molecular formula is C18H28ClN3O2. The van der Waals surface area contributed by atoms with Crippen LogP contribution in [0, 0.1) is 11.8 Å². The van der Waals surface area contributed by atoms with E-state index >= 15 is 0 Å². The van der Waals surface area contributed by atoms with Gasteiger partial charge < -0.3 is 16.0 Å². The van der Waals surface area contributed by atoms with Crippen LogP contribution in [0.5, 0.6) is 0 Å². The number of hydrogen-bond acceptors (Lipinski definition) is 3. The summed E-state index contributed by atoms with van der Waals surface area (Å²) in [5, 5.41) is 3.02. The molecule has 1 fully saturated rings. The van der Waals surface area contributed by atoms with Crippen molar-refractivity contribution in [2.75, 3.05) is 27.2 Å². The lowest BCUT2D eigenvalue weighted by Gasteiger charge is -2.17. The van der Waals surface area contributed by atoms with Crippen LogP contribution in [0.25, 0.3) is 0 Å². The minimum absolute atomic E-state index is 0. The van der Waals surface area contributed by atoms with Crippen LogP contribution in [0.3, 0.4) is 0 Å². The van der Waals surface area contributed by atoms with Gasteiger partial charge in [-0.25, -0.2) is 0 Å². The Morgan fingerprint density at radius 2 is 2.04 bits per heavy atom. The van der Waals surface area contributed by atoms with E-state index in [-0.39, 0.29) is 30.1 Å². The molecule has 0 saturated heterocycles. The van der Waals surface area contributed by atoms with E-state index in [2.05, 4.69) is 5.32 Å². The van der Waals surface area contributed by atoms with Crippen molar-refractivity contribution < 1.29 is 9.59 Å². The Labute approximate surface area is 150 Å². The van der Waals surface area contributed by atoms with Gasteiger partial charge in [0, 0.05) is 32.1 Å². The summed E-state index contributed by atoms with van der Waals surface area (Å²) in [6, 6.07) is 7.58. The molecule has 0 unspecified atom stereocenters. The van der Waals surface area contributed by atoms with Crippen LogP contribution in [-0.4, -0.2) is 43.9 Å². The first-order valence-corrected chi connectivity index (χ1v) is 8.31. The van der Waals surface area contributed by atoms with Gasteiger partial charge in [0.1, 0.15) is 0 Å². The number of benzene rings is 1. The second kappa shape index (κ2) is 9.64. The number of nitrogens with two attached hydrogens (primary N) is 1. The van der Waals surface area contributed by atoms with Gasteiger partial charge in [0.2, 0.25) is 5.91 Å². The predicted octanol–water partition coefficient (Wildman–Crippen LogP) is 1.84. The van der Waals surface area contributed by atoms with E-state index in [9.17, 15) is 9.59 Å². The number of rotatable bonds is 6. The van der Waals surface area contributed by atoms with E-state index in [1.54, 1.807) is 19.0 Å². The molecule has 0 spiro atoms. The van der Waals surface area contributed by atoms with Crippen molar-refractivity contribution in [3.05, 3.63) is 35.4 Å². The second-order valence-electron chi connectivity index (χ2n) is 6.47. The third-order valence-electron chi connectivity index (χ3n) is 4.59. The van der Waals surface area contributed by atoms with Crippen LogP contribution in [0.15, 0.2) is 24.3 Å². The van der Waals surface area contributed by atoms with E-state index < -0.39 is 0 Å². The molecule has 134 valence electrons. The lowest BCUT2D eigenvalue weighted by atomic mass is 9.95. The largest absolute Gasteiger partial charge is 0.356 e. The van der Waals surface area contributed by atoms with Crippen molar-refractivity contribution in [2.24, 2.45) is 17.6 Å². The molecule has 3 N–H and O–H groups in total. The normalized spacial score (nSPS) is 19.5. The number of nitrogens with zero attached hydrogens (tertiary/aromatic N) is 1. The van der Waals surface area contributed by atoms with Gasteiger partial charge in [0.25, 0.3) is 5.91 Å². The molecule has 2 amide bonds. The summed E-state index contributed by atoms with van der Waals surface area (Å²) in [6.07, 6.45) is 3.82. The first-order valence-electron chi connectivity index (χ1n) is 8.31. The maximum Gasteiger partial charge on any atom is 0.253 e. The van der Waals surface area contributed by atoms with Gasteiger partial charge in [-0.15, -0.1) is 12.4 Å². The topological polar surface area (TPSA) is 75.4 Å². The summed E-state index contributed by atoms with van der Waals surface area (Å²) >= 11 is 0. The maximum absolute atomic E-state index is 12.2. The molecule has 24 heavy (non-hydrogen) atoms. The Kier molecular flexibility index (Phi) is 8.22. The Morgan fingerprint density at radius 3 is 2.71 bits per heavy atom. The molecule has 1 saturated carbocycles. The van der Waals surface area contributed by atoms with Gasteiger partial charge in [-0.05, 0) is 49.4 Å². The number of amides is 2. The molecular weight excluding hydrogens is 326 g/mol. The lowest BCUT2D eigenvalue weighted by molar-refractivity contribution is -0.125. The van der Waals surface area contributed by atoms with Crippen LogP contribution in [-0.2, 0) is 11.2 Å². The summed E-state index contributed by atoms with van der Waals surface area (Å²) in [6.45, 7) is 1.18. The zero-order valence-corrected chi connectivity index (χ0v) is 15.3. The standard InChI is InChI=1S/C18H27N3O2.ClH/c1-21(2)18(23)14-6-3-5-13(11-14)9-10-20-17(22)16-8-4-7-15(16)12-19;/h3,5-6,11,15-16H,4,7-10,12,19H2,1-2H3,(H,20,22);1H/t15-,16-;/m1./s1. The molecule has 2 atom stereocenters. The number of carbonyl (C=O) groups excluding carboxylic acids is 2. The van der Waals surface area contributed by atoms with Crippen LogP contribution >= 0.6 is 12.4 Å². The molecule has 1 aliphatic rings. The van der Waals surface area contributed by atoms with Crippen LogP contribution in [0.4, 0.5) is 0 Å². The highest BCUT2D eigenvalue weighted by Gasteiger charge is 2.31. The van der Waals surface area contributed by atoms with Crippen molar-refractivity contribution in [2.45, 2.75) is 25.7 Å². The quantitative estimate of drug-likeness (QED) is 0.819. The van der Waals surface area contributed by atoms with Gasteiger partial charge in [-0.3, -0.25) is 9.59 Å². The molecule has 1 aliphatic carbocycles. The van der Waals surface area contributed by atoms with E-state index in [0.29, 0.717) is 24.6 Å². The van der Waals surface area contributed by atoms with Gasteiger partial charge >= 0.3 is 0 Å². The Balaban J connectivity index is 0.00000288. The minimum Gasteiger partial charge on any atom is -0.356 e. The van der Waals surface area contributed by atoms with Crippen molar-refractivity contribution in [3.63, 3.8) is 0 Å². The third kappa shape index (κ3) is 5.21. The minimum atomic E-state index is -0.00683. The van der Waals surface area contributed by atoms with E-state index in [1.807, 2.05) is 24.3 Å². The highest BCUT2D eigenvalue weighted by molar-refractivity contribution is 5.94. The molecule has 2 rings (SSSR count). The summed E-state index contributed by atoms with van der Waals surface area (Å²) in [4.78, 5) is 25.8. The zero-order valence-electron chi connectivity index (χ0n) is 14.5. The van der Waals surface area contributed by atoms with E-state index in [0.717, 1.165) is 31.2 Å². The van der Waals surface area contributed by atoms with Gasteiger partial charge in [0.15, 0.2) is 0 Å². The van der Waals surface area contributed by atoms with Crippen molar-refractivity contribution >= 4 is 24.2 Å². The van der Waals surface area contributed by atoms with Gasteiger partial charge in [-0.2, -0.15) is 0 Å². The first-order chi connectivity index (χ1) is 11.0. The van der Waals surface area contributed by atoms with Crippen LogP contribution in [0.2, 0.25) is 0 Å². The van der Waals surface area contributed by atoms with E-state index in [4.69, 9.17) is 5.73 Å². The number of hydrogen-bond donors (Lipinski definition) is 2. The zero-order chi connectivity index (χ0) is 16.8. The van der Waals surface area contributed by atoms with Crippen LogP contribution in [0.1, 0.15) is 35.2 Å². The summed E-state index contributed by atoms with van der Waals surface area (Å²) < 4.78 is 0. The molecule has 1 aromatic carbocycles. The van der Waals surface area contributed by atoms with E-state index in [1.165, 1.54) is 0 Å². The van der Waals surface area contributed by atoms with Crippen molar-refractivity contribution in [3.8, 4) is 0 Å². The molecule has 0 radical (unpaired) electrons. The second-order valence-corrected chi connectivity index (χ2v) is 6.47. The third-order valence-corrected chi connectivity index (χ3v) is 4.59. The Hall–Kier alpha value is -1.59. The number of carbonyl (C=O) groups is 2. The van der Waals surface area contributed by atoms with Gasteiger partial charge in [0.05, 0.1) is 0 Å². The molecule has 5 nitrogen and oxygen atoms in total. The maximum atomic E-state index is 12.2. The molecule has 0 aromatic heterocycles. The average Bonchev–Trinajstić information content (AvgIpc) is 3.03. The Bertz CT molecular complexity index is 563. The SMILES string of the molecule is CN(C)C(=O)c1cccc(CCNC(=O)[C@@H]2CCC[C@@H]2CN)c1.Cl. The van der Waals surface area contributed by atoms with Crippen LogP contribution < -0.4 is 11.1 Å². The summed E-state index contributed by atoms with van der Waals surface area (Å²) in [5.41, 5.74) is 7.47. The summed E-state index contributed by atoms with van der Waals surface area (Å²) in [5.74, 6) is 0.517. The molecule has 0 heterocycles. The van der Waals surface area contributed by atoms with Crippen molar-refractivity contribution in [1.82, 2.24) is 10.2 Å². The fourth-order valence-electron chi connectivity index (χ4n) is 3.24. The molecule has 6 heteroatoms. The fourth-order valence-corrected chi connectivity index (χ4v) is 3.24. The fraction of sp³-hybridized carbons (Fsp3) is 0.556. The Morgan fingerprint density at radius 1 is 1.29 bits per heavy atom. The predicted molar refractivity (Wildman–Crippen MR) is 98.3 cm³/mol. The molecule has 1 aromatic rings. The smallest absolute Gasteiger partial charge is 0.253 e. The summed E-state index contributed by atoms with van der Waals surface area (Å²) in [7, 11) is 3.48. The average molecular weight is 354 g/mol. The molecule has 0 bridgehead atoms. The number of nitrogens with one attached hydrogen (secondary N) is 1. The highest BCUT2D eigenvalue weighted by atomic mass is 35.5. The first kappa shape index (κ1) is 20.5.